The van der Waals surface area contributed by atoms with Crippen molar-refractivity contribution in [1.29, 1.82) is 0 Å². The van der Waals surface area contributed by atoms with E-state index in [0.29, 0.717) is 13.0 Å². The van der Waals surface area contributed by atoms with Crippen LogP contribution in [0, 0.1) is 0 Å². The summed E-state index contributed by atoms with van der Waals surface area (Å²) in [7, 11) is 1.41. The quantitative estimate of drug-likeness (QED) is 0.487. The van der Waals surface area contributed by atoms with Gasteiger partial charge in [-0.1, -0.05) is 0 Å². The minimum absolute atomic E-state index is 0.157. The van der Waals surface area contributed by atoms with E-state index in [1.165, 1.54) is 7.11 Å². The van der Waals surface area contributed by atoms with Crippen LogP contribution in [0.5, 0.6) is 0 Å². The lowest BCUT2D eigenvalue weighted by Gasteiger charge is -2.20. The van der Waals surface area contributed by atoms with Crippen LogP contribution in [0.2, 0.25) is 0 Å². The van der Waals surface area contributed by atoms with E-state index in [4.69, 9.17) is 0 Å². The van der Waals surface area contributed by atoms with Crippen LogP contribution in [0.4, 0.5) is 0 Å². The van der Waals surface area contributed by atoms with Crippen LogP contribution in [0.25, 0.3) is 0 Å². The standard InChI is InChI=1S/C10H22N2O2/c1-10(2,3)12-8-7-11-6-5-9(13)14-4/h11-12H,5-8H2,1-4H3. The monoisotopic (exact) mass is 202 g/mol. The molecule has 4 nitrogen and oxygen atoms in total. The number of hydrogen-bond donors (Lipinski definition) is 2. The van der Waals surface area contributed by atoms with Gasteiger partial charge in [-0.2, -0.15) is 0 Å². The van der Waals surface area contributed by atoms with Gasteiger partial charge in [-0.15, -0.1) is 0 Å². The Hall–Kier alpha value is -0.610. The summed E-state index contributed by atoms with van der Waals surface area (Å²) in [6.07, 6.45) is 0.437. The van der Waals surface area contributed by atoms with Crippen molar-refractivity contribution in [3.63, 3.8) is 0 Å². The topological polar surface area (TPSA) is 50.4 Å². The number of rotatable bonds is 6. The zero-order chi connectivity index (χ0) is 11.0. The summed E-state index contributed by atoms with van der Waals surface area (Å²) >= 11 is 0. The molecule has 0 unspecified atom stereocenters. The smallest absolute Gasteiger partial charge is 0.306 e. The fraction of sp³-hybridized carbons (Fsp3) is 0.900. The number of carbonyl (C=O) groups excluding carboxylic acids is 1. The van der Waals surface area contributed by atoms with Gasteiger partial charge in [0.15, 0.2) is 0 Å². The highest BCUT2D eigenvalue weighted by Gasteiger charge is 2.06. The molecule has 0 aromatic heterocycles. The van der Waals surface area contributed by atoms with Crippen molar-refractivity contribution in [3.8, 4) is 0 Å². The molecule has 0 spiro atoms. The molecule has 0 atom stereocenters. The van der Waals surface area contributed by atoms with Crippen LogP contribution in [-0.4, -0.2) is 38.3 Å². The van der Waals surface area contributed by atoms with Gasteiger partial charge in [0, 0.05) is 25.2 Å². The van der Waals surface area contributed by atoms with E-state index in [1.807, 2.05) is 0 Å². The Morgan fingerprint density at radius 1 is 1.21 bits per heavy atom. The van der Waals surface area contributed by atoms with Crippen molar-refractivity contribution in [2.75, 3.05) is 26.7 Å². The van der Waals surface area contributed by atoms with Crippen LogP contribution in [0.1, 0.15) is 27.2 Å². The van der Waals surface area contributed by atoms with Crippen molar-refractivity contribution >= 4 is 5.97 Å². The lowest BCUT2D eigenvalue weighted by molar-refractivity contribution is -0.140. The molecular weight excluding hydrogens is 180 g/mol. The number of methoxy groups -OCH3 is 1. The fourth-order valence-corrected chi connectivity index (χ4v) is 0.943. The molecular formula is C10H22N2O2. The Morgan fingerprint density at radius 2 is 1.86 bits per heavy atom. The molecule has 0 rings (SSSR count). The van der Waals surface area contributed by atoms with E-state index < -0.39 is 0 Å². The maximum Gasteiger partial charge on any atom is 0.306 e. The minimum Gasteiger partial charge on any atom is -0.469 e. The molecule has 84 valence electrons. The lowest BCUT2D eigenvalue weighted by Crippen LogP contribution is -2.40. The van der Waals surface area contributed by atoms with Crippen LogP contribution in [-0.2, 0) is 9.53 Å². The molecule has 4 heteroatoms. The Labute approximate surface area is 86.4 Å². The van der Waals surface area contributed by atoms with Crippen LogP contribution < -0.4 is 10.6 Å². The molecule has 0 saturated heterocycles. The first kappa shape index (κ1) is 13.4. The normalized spacial score (nSPS) is 11.4. The highest BCUT2D eigenvalue weighted by atomic mass is 16.5. The molecule has 0 aliphatic rings. The lowest BCUT2D eigenvalue weighted by atomic mass is 10.1. The van der Waals surface area contributed by atoms with Crippen LogP contribution >= 0.6 is 0 Å². The van der Waals surface area contributed by atoms with Gasteiger partial charge in [0.25, 0.3) is 0 Å². The molecule has 0 aliphatic heterocycles. The zero-order valence-electron chi connectivity index (χ0n) is 9.64. The van der Waals surface area contributed by atoms with Crippen molar-refractivity contribution < 1.29 is 9.53 Å². The summed E-state index contributed by atoms with van der Waals surface area (Å²) in [5.74, 6) is -0.165. The van der Waals surface area contributed by atoms with Crippen LogP contribution in [0.3, 0.4) is 0 Å². The Kier molecular flexibility index (Phi) is 6.49. The van der Waals surface area contributed by atoms with Gasteiger partial charge in [0.05, 0.1) is 13.5 Å². The molecule has 0 aromatic rings. The molecule has 0 bridgehead atoms. The second-order valence-electron chi connectivity index (χ2n) is 4.25. The predicted octanol–water partition coefficient (Wildman–Crippen LogP) is 0.527. The van der Waals surface area contributed by atoms with E-state index >= 15 is 0 Å². The minimum atomic E-state index is -0.165. The van der Waals surface area contributed by atoms with E-state index in [1.54, 1.807) is 0 Å². The number of ether oxygens (including phenoxy) is 1. The highest BCUT2D eigenvalue weighted by Crippen LogP contribution is 1.96. The summed E-state index contributed by atoms with van der Waals surface area (Å²) < 4.78 is 4.52. The van der Waals surface area contributed by atoms with E-state index in [9.17, 15) is 4.79 Å². The van der Waals surface area contributed by atoms with Crippen molar-refractivity contribution in [2.24, 2.45) is 0 Å². The van der Waals surface area contributed by atoms with Gasteiger partial charge >= 0.3 is 5.97 Å². The average Bonchev–Trinajstić information content (AvgIpc) is 2.08. The number of carbonyl (C=O) groups is 1. The van der Waals surface area contributed by atoms with Crippen molar-refractivity contribution in [1.82, 2.24) is 10.6 Å². The van der Waals surface area contributed by atoms with Gasteiger partial charge in [-0.3, -0.25) is 4.79 Å². The highest BCUT2D eigenvalue weighted by molar-refractivity contribution is 5.69. The molecule has 14 heavy (non-hydrogen) atoms. The van der Waals surface area contributed by atoms with E-state index in [0.717, 1.165) is 13.1 Å². The second kappa shape index (κ2) is 6.79. The first-order chi connectivity index (χ1) is 6.45. The van der Waals surface area contributed by atoms with Gasteiger partial charge in [-0.25, -0.2) is 0 Å². The third kappa shape index (κ3) is 9.48. The van der Waals surface area contributed by atoms with E-state index in [2.05, 4.69) is 36.1 Å². The SMILES string of the molecule is COC(=O)CCNCCNC(C)(C)C. The zero-order valence-corrected chi connectivity index (χ0v) is 9.64. The largest absolute Gasteiger partial charge is 0.469 e. The molecule has 0 amide bonds. The molecule has 0 aliphatic carbocycles. The average molecular weight is 202 g/mol. The molecule has 0 aromatic carbocycles. The predicted molar refractivity (Wildman–Crippen MR) is 57.3 cm³/mol. The molecule has 0 radical (unpaired) electrons. The first-order valence-electron chi connectivity index (χ1n) is 4.98. The first-order valence-corrected chi connectivity index (χ1v) is 4.98. The third-order valence-corrected chi connectivity index (χ3v) is 1.69. The summed E-state index contributed by atoms with van der Waals surface area (Å²) in [6.45, 7) is 8.84. The Balaban J connectivity index is 3.18. The van der Waals surface area contributed by atoms with E-state index in [-0.39, 0.29) is 11.5 Å². The Morgan fingerprint density at radius 3 is 2.36 bits per heavy atom. The van der Waals surface area contributed by atoms with Crippen molar-refractivity contribution in [3.05, 3.63) is 0 Å². The maximum atomic E-state index is 10.7. The fourth-order valence-electron chi connectivity index (χ4n) is 0.943. The van der Waals surface area contributed by atoms with Gasteiger partial charge in [-0.05, 0) is 20.8 Å². The maximum absolute atomic E-state index is 10.7. The third-order valence-electron chi connectivity index (χ3n) is 1.69. The number of nitrogens with one attached hydrogen (secondary N) is 2. The summed E-state index contributed by atoms with van der Waals surface area (Å²) in [6, 6.07) is 0. The van der Waals surface area contributed by atoms with Crippen molar-refractivity contribution in [2.45, 2.75) is 32.7 Å². The number of esters is 1. The molecule has 0 saturated carbocycles. The summed E-state index contributed by atoms with van der Waals surface area (Å²) in [5, 5.41) is 6.51. The summed E-state index contributed by atoms with van der Waals surface area (Å²) in [4.78, 5) is 10.7. The Bertz CT molecular complexity index is 164. The molecule has 0 fully saturated rings. The molecule has 2 N–H and O–H groups in total. The van der Waals surface area contributed by atoms with Gasteiger partial charge in [0.1, 0.15) is 0 Å². The number of hydrogen-bond acceptors (Lipinski definition) is 4. The molecule has 0 heterocycles. The van der Waals surface area contributed by atoms with Crippen LogP contribution in [0.15, 0.2) is 0 Å². The van der Waals surface area contributed by atoms with Gasteiger partial charge < -0.3 is 15.4 Å². The van der Waals surface area contributed by atoms with Gasteiger partial charge in [0.2, 0.25) is 0 Å². The summed E-state index contributed by atoms with van der Waals surface area (Å²) in [5.41, 5.74) is 0.157. The second-order valence-corrected chi connectivity index (χ2v) is 4.25.